The predicted molar refractivity (Wildman–Crippen MR) is 67.4 cm³/mol. The number of benzene rings is 1. The average Bonchev–Trinajstić information content (AvgIpc) is 2.36. The lowest BCUT2D eigenvalue weighted by atomic mass is 10.2. The van der Waals surface area contributed by atoms with Gasteiger partial charge >= 0.3 is 0 Å². The highest BCUT2D eigenvalue weighted by atomic mass is 19.2. The summed E-state index contributed by atoms with van der Waals surface area (Å²) in [4.78, 5) is 13.6. The lowest BCUT2D eigenvalue weighted by molar-refractivity contribution is -0.131. The van der Waals surface area contributed by atoms with E-state index in [9.17, 15) is 13.6 Å². The lowest BCUT2D eigenvalue weighted by Crippen LogP contribution is -2.41. The Morgan fingerprint density at radius 3 is 2.50 bits per heavy atom. The second kappa shape index (κ2) is 6.33. The van der Waals surface area contributed by atoms with Crippen LogP contribution in [-0.4, -0.2) is 29.9 Å². The van der Waals surface area contributed by atoms with Crippen LogP contribution in [0.2, 0.25) is 0 Å². The number of hydrogen-bond donors (Lipinski definition) is 1. The van der Waals surface area contributed by atoms with Crippen molar-refractivity contribution in [1.29, 1.82) is 0 Å². The van der Waals surface area contributed by atoms with Gasteiger partial charge < -0.3 is 10.2 Å². The van der Waals surface area contributed by atoms with Gasteiger partial charge in [-0.05, 0) is 32.9 Å². The predicted octanol–water partition coefficient (Wildman–Crippen LogP) is 2.63. The highest BCUT2D eigenvalue weighted by Crippen LogP contribution is 2.17. The summed E-state index contributed by atoms with van der Waals surface area (Å²) in [6.45, 7) is 6.55. The largest absolute Gasteiger partial charge is 0.371 e. The second-order valence-electron chi connectivity index (χ2n) is 3.98. The van der Waals surface area contributed by atoms with E-state index in [4.69, 9.17) is 0 Å². The van der Waals surface area contributed by atoms with Gasteiger partial charge in [0.15, 0.2) is 11.6 Å². The number of anilines is 1. The maximum atomic E-state index is 13.4. The number of likely N-dealkylation sites (N-methyl/N-ethyl adjacent to an activating group) is 1. The van der Waals surface area contributed by atoms with Crippen LogP contribution >= 0.6 is 0 Å². The molecular formula is C13H18F2N2O. The minimum atomic E-state index is -0.961. The van der Waals surface area contributed by atoms with Crippen molar-refractivity contribution < 1.29 is 13.6 Å². The van der Waals surface area contributed by atoms with Crippen LogP contribution in [0.5, 0.6) is 0 Å². The summed E-state index contributed by atoms with van der Waals surface area (Å²) < 4.78 is 26.4. The van der Waals surface area contributed by atoms with E-state index in [1.807, 2.05) is 13.8 Å². The van der Waals surface area contributed by atoms with Gasteiger partial charge in [-0.2, -0.15) is 0 Å². The number of nitrogens with zero attached hydrogens (tertiary/aromatic N) is 1. The van der Waals surface area contributed by atoms with Gasteiger partial charge in [0.1, 0.15) is 6.04 Å². The maximum Gasteiger partial charge on any atom is 0.244 e. The second-order valence-corrected chi connectivity index (χ2v) is 3.98. The molecule has 0 bridgehead atoms. The van der Waals surface area contributed by atoms with Crippen molar-refractivity contribution in [3.63, 3.8) is 0 Å². The fraction of sp³-hybridized carbons (Fsp3) is 0.462. The Hall–Kier alpha value is -1.65. The van der Waals surface area contributed by atoms with Gasteiger partial charge in [0.25, 0.3) is 0 Å². The van der Waals surface area contributed by atoms with Gasteiger partial charge in [0.05, 0.1) is 5.69 Å². The van der Waals surface area contributed by atoms with E-state index < -0.39 is 17.7 Å². The number of halogens is 2. The molecule has 0 radical (unpaired) electrons. The van der Waals surface area contributed by atoms with Crippen molar-refractivity contribution in [3.8, 4) is 0 Å². The summed E-state index contributed by atoms with van der Waals surface area (Å²) in [6.07, 6.45) is 0. The number of nitrogens with one attached hydrogen (secondary N) is 1. The Morgan fingerprint density at radius 2 is 1.94 bits per heavy atom. The molecule has 0 saturated heterocycles. The van der Waals surface area contributed by atoms with E-state index in [-0.39, 0.29) is 11.6 Å². The summed E-state index contributed by atoms with van der Waals surface area (Å²) in [7, 11) is 0. The Labute approximate surface area is 106 Å². The highest BCUT2D eigenvalue weighted by molar-refractivity contribution is 5.84. The molecule has 0 spiro atoms. The third kappa shape index (κ3) is 3.18. The van der Waals surface area contributed by atoms with Crippen LogP contribution in [-0.2, 0) is 4.79 Å². The van der Waals surface area contributed by atoms with E-state index >= 15 is 0 Å². The maximum absolute atomic E-state index is 13.4. The summed E-state index contributed by atoms with van der Waals surface area (Å²) in [6, 6.07) is 3.25. The molecule has 1 amide bonds. The van der Waals surface area contributed by atoms with E-state index in [1.165, 1.54) is 12.1 Å². The quantitative estimate of drug-likeness (QED) is 0.878. The third-order valence-electron chi connectivity index (χ3n) is 2.77. The Balaban J connectivity index is 2.78. The van der Waals surface area contributed by atoms with Gasteiger partial charge in [-0.3, -0.25) is 4.79 Å². The zero-order chi connectivity index (χ0) is 13.7. The summed E-state index contributed by atoms with van der Waals surface area (Å²) >= 11 is 0. The van der Waals surface area contributed by atoms with Crippen molar-refractivity contribution in [2.45, 2.75) is 26.8 Å². The van der Waals surface area contributed by atoms with Crippen LogP contribution < -0.4 is 5.32 Å². The Kier molecular flexibility index (Phi) is 5.07. The van der Waals surface area contributed by atoms with E-state index in [1.54, 1.807) is 11.8 Å². The van der Waals surface area contributed by atoms with E-state index in [0.717, 1.165) is 6.07 Å². The molecule has 1 unspecified atom stereocenters. The first-order valence-electron chi connectivity index (χ1n) is 6.00. The monoisotopic (exact) mass is 256 g/mol. The molecule has 0 aliphatic heterocycles. The molecule has 100 valence electrons. The van der Waals surface area contributed by atoms with Gasteiger partial charge in [-0.1, -0.05) is 6.07 Å². The summed E-state index contributed by atoms with van der Waals surface area (Å²) in [5.41, 5.74) is 0.00278. The van der Waals surface area contributed by atoms with Crippen molar-refractivity contribution in [2.24, 2.45) is 0 Å². The highest BCUT2D eigenvalue weighted by Gasteiger charge is 2.19. The first-order valence-corrected chi connectivity index (χ1v) is 6.00. The molecule has 0 heterocycles. The molecular weight excluding hydrogens is 238 g/mol. The molecule has 1 atom stereocenters. The zero-order valence-electron chi connectivity index (χ0n) is 10.8. The number of amides is 1. The smallest absolute Gasteiger partial charge is 0.244 e. The zero-order valence-corrected chi connectivity index (χ0v) is 10.8. The number of rotatable bonds is 5. The molecule has 1 aromatic rings. The molecule has 0 aliphatic rings. The number of hydrogen-bond acceptors (Lipinski definition) is 2. The van der Waals surface area contributed by atoms with Gasteiger partial charge in [-0.15, -0.1) is 0 Å². The van der Waals surface area contributed by atoms with Crippen molar-refractivity contribution in [2.75, 3.05) is 18.4 Å². The minimum absolute atomic E-state index is 0.00278. The van der Waals surface area contributed by atoms with Gasteiger partial charge in [-0.25, -0.2) is 8.78 Å². The van der Waals surface area contributed by atoms with Crippen LogP contribution in [0.4, 0.5) is 14.5 Å². The average molecular weight is 256 g/mol. The topological polar surface area (TPSA) is 32.3 Å². The van der Waals surface area contributed by atoms with Crippen molar-refractivity contribution in [3.05, 3.63) is 29.8 Å². The van der Waals surface area contributed by atoms with E-state index in [0.29, 0.717) is 13.1 Å². The standard InChI is InChI=1S/C13H18F2N2O/c1-4-17(5-2)13(18)9(3)16-11-8-6-7-10(14)12(11)15/h6-9,16H,4-5H2,1-3H3. The molecule has 5 heteroatoms. The fourth-order valence-corrected chi connectivity index (χ4v) is 1.72. The van der Waals surface area contributed by atoms with Crippen molar-refractivity contribution in [1.82, 2.24) is 4.90 Å². The fourth-order valence-electron chi connectivity index (χ4n) is 1.72. The minimum Gasteiger partial charge on any atom is -0.371 e. The molecule has 0 fully saturated rings. The Bertz CT molecular complexity index is 419. The molecule has 0 aliphatic carbocycles. The summed E-state index contributed by atoms with van der Waals surface area (Å²) in [5, 5.41) is 2.69. The number of carbonyl (C=O) groups is 1. The first-order chi connectivity index (χ1) is 8.51. The molecule has 0 saturated carbocycles. The molecule has 1 N–H and O–H groups in total. The SMILES string of the molecule is CCN(CC)C(=O)C(C)Nc1cccc(F)c1F. The van der Waals surface area contributed by atoms with Gasteiger partial charge in [0, 0.05) is 13.1 Å². The number of carbonyl (C=O) groups excluding carboxylic acids is 1. The first kappa shape index (κ1) is 14.4. The van der Waals surface area contributed by atoms with Crippen molar-refractivity contribution >= 4 is 11.6 Å². The van der Waals surface area contributed by atoms with Gasteiger partial charge in [0.2, 0.25) is 5.91 Å². The molecule has 3 nitrogen and oxygen atoms in total. The summed E-state index contributed by atoms with van der Waals surface area (Å²) in [5.74, 6) is -2.03. The van der Waals surface area contributed by atoms with Crippen LogP contribution in [0.25, 0.3) is 0 Å². The third-order valence-corrected chi connectivity index (χ3v) is 2.77. The van der Waals surface area contributed by atoms with Crippen LogP contribution in [0.1, 0.15) is 20.8 Å². The molecule has 1 rings (SSSR count). The van der Waals surface area contributed by atoms with Crippen LogP contribution in [0, 0.1) is 11.6 Å². The van der Waals surface area contributed by atoms with Crippen LogP contribution in [0.15, 0.2) is 18.2 Å². The lowest BCUT2D eigenvalue weighted by Gasteiger charge is -2.24. The Morgan fingerprint density at radius 1 is 1.33 bits per heavy atom. The van der Waals surface area contributed by atoms with E-state index in [2.05, 4.69) is 5.32 Å². The van der Waals surface area contributed by atoms with Crippen LogP contribution in [0.3, 0.4) is 0 Å². The molecule has 18 heavy (non-hydrogen) atoms. The molecule has 0 aromatic heterocycles. The molecule has 1 aromatic carbocycles. The normalized spacial score (nSPS) is 12.1.